The SMILES string of the molecule is O=C(Cc1ccccc1)N1N=CC[C@@]1(O)c1ccccc1. The van der Waals surface area contributed by atoms with Crippen molar-refractivity contribution in [2.45, 2.75) is 18.6 Å². The van der Waals surface area contributed by atoms with E-state index in [0.717, 1.165) is 5.56 Å². The van der Waals surface area contributed by atoms with E-state index in [1.165, 1.54) is 5.01 Å². The molecule has 1 aliphatic rings. The predicted octanol–water partition coefficient (Wildman–Crippen LogP) is 2.29. The lowest BCUT2D eigenvalue weighted by Crippen LogP contribution is -2.44. The fourth-order valence-corrected chi connectivity index (χ4v) is 2.49. The molecule has 1 N–H and O–H groups in total. The van der Waals surface area contributed by atoms with Crippen LogP contribution in [0.3, 0.4) is 0 Å². The number of rotatable bonds is 3. The van der Waals surface area contributed by atoms with Crippen LogP contribution in [0.5, 0.6) is 0 Å². The molecule has 106 valence electrons. The molecule has 2 aromatic carbocycles. The molecule has 21 heavy (non-hydrogen) atoms. The third-order valence-corrected chi connectivity index (χ3v) is 3.59. The maximum Gasteiger partial charge on any atom is 0.250 e. The van der Waals surface area contributed by atoms with Gasteiger partial charge in [0.1, 0.15) is 0 Å². The maximum atomic E-state index is 12.5. The Morgan fingerprint density at radius 2 is 1.71 bits per heavy atom. The summed E-state index contributed by atoms with van der Waals surface area (Å²) in [5.74, 6) is -0.221. The Morgan fingerprint density at radius 1 is 1.10 bits per heavy atom. The lowest BCUT2D eigenvalue weighted by Gasteiger charge is -2.31. The van der Waals surface area contributed by atoms with Crippen LogP contribution in [0.4, 0.5) is 0 Å². The smallest absolute Gasteiger partial charge is 0.250 e. The Kier molecular flexibility index (Phi) is 3.54. The molecule has 1 atom stereocenters. The molecule has 1 aliphatic heterocycles. The van der Waals surface area contributed by atoms with E-state index in [4.69, 9.17) is 0 Å². The second-order valence-corrected chi connectivity index (χ2v) is 5.05. The number of carbonyl (C=O) groups is 1. The van der Waals surface area contributed by atoms with Crippen molar-refractivity contribution >= 4 is 12.1 Å². The van der Waals surface area contributed by atoms with E-state index in [1.807, 2.05) is 48.5 Å². The Hall–Kier alpha value is -2.46. The van der Waals surface area contributed by atoms with Crippen LogP contribution in [-0.2, 0) is 16.9 Å². The first-order valence-corrected chi connectivity index (χ1v) is 6.87. The van der Waals surface area contributed by atoms with Crippen LogP contribution < -0.4 is 0 Å². The summed E-state index contributed by atoms with van der Waals surface area (Å²) in [5.41, 5.74) is 0.191. The molecule has 2 aromatic rings. The van der Waals surface area contributed by atoms with Gasteiger partial charge in [0.05, 0.1) is 6.42 Å². The van der Waals surface area contributed by atoms with Gasteiger partial charge in [0, 0.05) is 18.2 Å². The summed E-state index contributed by atoms with van der Waals surface area (Å²) < 4.78 is 0. The zero-order valence-corrected chi connectivity index (χ0v) is 11.5. The summed E-state index contributed by atoms with van der Waals surface area (Å²) >= 11 is 0. The highest BCUT2D eigenvalue weighted by atomic mass is 16.3. The molecule has 0 fully saturated rings. The normalized spacial score (nSPS) is 20.7. The summed E-state index contributed by atoms with van der Waals surface area (Å²) in [7, 11) is 0. The average Bonchev–Trinajstić information content (AvgIpc) is 2.92. The van der Waals surface area contributed by atoms with Crippen LogP contribution in [0.2, 0.25) is 0 Å². The number of amides is 1. The van der Waals surface area contributed by atoms with Gasteiger partial charge in [-0.25, -0.2) is 0 Å². The van der Waals surface area contributed by atoms with Gasteiger partial charge in [-0.05, 0) is 5.56 Å². The fourth-order valence-electron chi connectivity index (χ4n) is 2.49. The first-order valence-electron chi connectivity index (χ1n) is 6.87. The third kappa shape index (κ3) is 2.58. The van der Waals surface area contributed by atoms with Crippen molar-refractivity contribution in [3.8, 4) is 0 Å². The van der Waals surface area contributed by atoms with Gasteiger partial charge in [0.15, 0.2) is 5.72 Å². The van der Waals surface area contributed by atoms with Crippen LogP contribution in [0.15, 0.2) is 65.8 Å². The van der Waals surface area contributed by atoms with Crippen molar-refractivity contribution in [1.82, 2.24) is 5.01 Å². The summed E-state index contributed by atoms with van der Waals surface area (Å²) in [4.78, 5) is 12.5. The average molecular weight is 280 g/mol. The molecule has 0 bridgehead atoms. The quantitative estimate of drug-likeness (QED) is 0.938. The molecule has 0 aliphatic carbocycles. The lowest BCUT2D eigenvalue weighted by atomic mass is 9.99. The van der Waals surface area contributed by atoms with Gasteiger partial charge in [0.2, 0.25) is 5.91 Å². The maximum absolute atomic E-state index is 12.5. The van der Waals surface area contributed by atoms with E-state index in [2.05, 4.69) is 5.10 Å². The third-order valence-electron chi connectivity index (χ3n) is 3.59. The highest BCUT2D eigenvalue weighted by Crippen LogP contribution is 2.33. The van der Waals surface area contributed by atoms with E-state index in [0.29, 0.717) is 12.0 Å². The van der Waals surface area contributed by atoms with Crippen LogP contribution in [0.1, 0.15) is 17.5 Å². The van der Waals surface area contributed by atoms with Gasteiger partial charge in [-0.2, -0.15) is 10.1 Å². The van der Waals surface area contributed by atoms with Gasteiger partial charge in [0.25, 0.3) is 0 Å². The number of benzene rings is 2. The molecule has 1 heterocycles. The summed E-state index contributed by atoms with van der Waals surface area (Å²) in [5, 5.41) is 16.1. The topological polar surface area (TPSA) is 52.9 Å². The van der Waals surface area contributed by atoms with E-state index in [9.17, 15) is 9.90 Å². The molecule has 0 saturated carbocycles. The Morgan fingerprint density at radius 3 is 2.38 bits per heavy atom. The molecule has 3 rings (SSSR count). The molecule has 0 unspecified atom stereocenters. The summed E-state index contributed by atoms with van der Waals surface area (Å²) in [6, 6.07) is 18.6. The van der Waals surface area contributed by atoms with Crippen LogP contribution >= 0.6 is 0 Å². The van der Waals surface area contributed by atoms with E-state index in [-0.39, 0.29) is 12.3 Å². The number of nitrogens with zero attached hydrogens (tertiary/aromatic N) is 2. The van der Waals surface area contributed by atoms with Crippen molar-refractivity contribution in [1.29, 1.82) is 0 Å². The van der Waals surface area contributed by atoms with Gasteiger partial charge < -0.3 is 5.11 Å². The zero-order valence-electron chi connectivity index (χ0n) is 11.5. The number of hydrogen-bond acceptors (Lipinski definition) is 3. The summed E-state index contributed by atoms with van der Waals surface area (Å²) in [6.07, 6.45) is 2.10. The minimum atomic E-state index is -1.38. The molecular weight excluding hydrogens is 264 g/mol. The Balaban J connectivity index is 1.84. The Bertz CT molecular complexity index is 655. The summed E-state index contributed by atoms with van der Waals surface area (Å²) in [6.45, 7) is 0. The predicted molar refractivity (Wildman–Crippen MR) is 80.4 cm³/mol. The second-order valence-electron chi connectivity index (χ2n) is 5.05. The fraction of sp³-hybridized carbons (Fsp3) is 0.176. The molecule has 1 amide bonds. The van der Waals surface area contributed by atoms with Gasteiger partial charge in [-0.15, -0.1) is 0 Å². The van der Waals surface area contributed by atoms with Crippen molar-refractivity contribution in [2.24, 2.45) is 5.10 Å². The molecule has 0 aromatic heterocycles. The monoisotopic (exact) mass is 280 g/mol. The van der Waals surface area contributed by atoms with Crippen molar-refractivity contribution in [3.63, 3.8) is 0 Å². The van der Waals surface area contributed by atoms with E-state index >= 15 is 0 Å². The molecule has 4 heteroatoms. The largest absolute Gasteiger partial charge is 0.365 e. The van der Waals surface area contributed by atoms with E-state index in [1.54, 1.807) is 18.3 Å². The highest BCUT2D eigenvalue weighted by Gasteiger charge is 2.42. The minimum Gasteiger partial charge on any atom is -0.365 e. The highest BCUT2D eigenvalue weighted by molar-refractivity contribution is 5.82. The van der Waals surface area contributed by atoms with Crippen molar-refractivity contribution < 1.29 is 9.90 Å². The van der Waals surface area contributed by atoms with E-state index < -0.39 is 5.72 Å². The number of aliphatic hydroxyl groups is 1. The molecule has 0 saturated heterocycles. The number of carbonyl (C=O) groups excluding carboxylic acids is 1. The molecule has 0 radical (unpaired) electrons. The number of hydrogen-bond donors (Lipinski definition) is 1. The number of hydrazone groups is 1. The molecule has 0 spiro atoms. The first kappa shape index (κ1) is 13.5. The lowest BCUT2D eigenvalue weighted by molar-refractivity contribution is -0.157. The van der Waals surface area contributed by atoms with Gasteiger partial charge in [-0.3, -0.25) is 4.79 Å². The standard InChI is InChI=1S/C17H16N2O2/c20-16(13-14-7-3-1-4-8-14)19-17(21,11-12-18-19)15-9-5-2-6-10-15/h1-10,12,21H,11,13H2/t17-/m1/s1. The van der Waals surface area contributed by atoms with Crippen molar-refractivity contribution in [3.05, 3.63) is 71.8 Å². The van der Waals surface area contributed by atoms with Crippen molar-refractivity contribution in [2.75, 3.05) is 0 Å². The second kappa shape index (κ2) is 5.50. The van der Waals surface area contributed by atoms with Crippen LogP contribution in [-0.4, -0.2) is 22.2 Å². The van der Waals surface area contributed by atoms with Crippen LogP contribution in [0, 0.1) is 0 Å². The Labute approximate surface area is 123 Å². The first-order chi connectivity index (χ1) is 10.2. The minimum absolute atomic E-state index is 0.216. The zero-order chi connectivity index (χ0) is 14.7. The molecular formula is C17H16N2O2. The van der Waals surface area contributed by atoms with Gasteiger partial charge in [-0.1, -0.05) is 60.7 Å². The molecule has 4 nitrogen and oxygen atoms in total. The van der Waals surface area contributed by atoms with Crippen LogP contribution in [0.25, 0.3) is 0 Å². The van der Waals surface area contributed by atoms with Gasteiger partial charge >= 0.3 is 0 Å².